The number of hydrogen-bond donors (Lipinski definition) is 7. The van der Waals surface area contributed by atoms with Gasteiger partial charge in [0.2, 0.25) is 29.5 Å². The third kappa shape index (κ3) is 9.98. The summed E-state index contributed by atoms with van der Waals surface area (Å²) in [7, 11) is -0.615. The van der Waals surface area contributed by atoms with E-state index < -0.39 is 72.6 Å². The molecule has 50 heavy (non-hydrogen) atoms. The molecule has 1 saturated heterocycles. The fourth-order valence-electron chi connectivity index (χ4n) is 7.78. The number of nitrogens with two attached hydrogens (primary N) is 1. The lowest BCUT2D eigenvalue weighted by Crippen LogP contribution is -2.65. The normalized spacial score (nSPS) is 26.9. The van der Waals surface area contributed by atoms with E-state index in [9.17, 15) is 29.1 Å². The highest BCUT2D eigenvalue weighted by Gasteiger charge is 2.68. The Morgan fingerprint density at radius 2 is 1.48 bits per heavy atom. The summed E-state index contributed by atoms with van der Waals surface area (Å²) in [6.45, 7) is 15.1. The number of carbonyl (C=O) groups excluding carboxylic acids is 5. The van der Waals surface area contributed by atoms with Crippen LogP contribution in [-0.2, 0) is 33.3 Å². The summed E-state index contributed by atoms with van der Waals surface area (Å²) in [6.07, 6.45) is 6.70. The van der Waals surface area contributed by atoms with Gasteiger partial charge in [-0.15, -0.1) is 0 Å². The maximum absolute atomic E-state index is 13.4. The van der Waals surface area contributed by atoms with Gasteiger partial charge >= 0.3 is 7.12 Å². The Hall–Kier alpha value is -2.75. The van der Waals surface area contributed by atoms with Gasteiger partial charge in [0.05, 0.1) is 23.8 Å². The Morgan fingerprint density at radius 3 is 2.08 bits per heavy atom. The van der Waals surface area contributed by atoms with Gasteiger partial charge in [-0.25, -0.2) is 0 Å². The summed E-state index contributed by atoms with van der Waals surface area (Å²) in [4.78, 5) is 65.0. The van der Waals surface area contributed by atoms with Crippen molar-refractivity contribution >= 4 is 36.7 Å². The topological polar surface area (TPSA) is 210 Å². The van der Waals surface area contributed by atoms with Crippen LogP contribution < -0.4 is 32.3 Å². The average molecular weight is 707 g/mol. The molecule has 1 heterocycles. The minimum Gasteiger partial charge on any atom is -0.404 e. The van der Waals surface area contributed by atoms with Crippen LogP contribution in [0.5, 0.6) is 0 Å². The molecule has 0 aromatic carbocycles. The minimum absolute atomic E-state index is 0.0282. The number of aliphatic hydroxyl groups is 1. The first-order valence-electron chi connectivity index (χ1n) is 18.7. The first-order chi connectivity index (χ1) is 23.5. The minimum atomic E-state index is -1.43. The zero-order valence-corrected chi connectivity index (χ0v) is 31.4. The van der Waals surface area contributed by atoms with Crippen molar-refractivity contribution in [2.75, 3.05) is 6.54 Å². The zero-order chi connectivity index (χ0) is 37.4. The summed E-state index contributed by atoms with van der Waals surface area (Å²) >= 11 is 0. The molecule has 14 nitrogen and oxygen atoms in total. The van der Waals surface area contributed by atoms with Gasteiger partial charge < -0.3 is 46.7 Å². The van der Waals surface area contributed by atoms with Crippen LogP contribution in [0.3, 0.4) is 0 Å². The van der Waals surface area contributed by atoms with Crippen molar-refractivity contribution in [3.8, 4) is 0 Å². The van der Waals surface area contributed by atoms with Crippen molar-refractivity contribution in [1.29, 1.82) is 0 Å². The van der Waals surface area contributed by atoms with E-state index in [1.165, 1.54) is 13.8 Å². The number of aliphatic hydroxyl groups excluding tert-OH is 1. The van der Waals surface area contributed by atoms with Crippen LogP contribution in [0.2, 0.25) is 0 Å². The summed E-state index contributed by atoms with van der Waals surface area (Å²) in [5.74, 6) is -2.37. The SMILES string of the molecule is CCCCCCCC(=O)NC(CN)C(=O)NC(C(=O)NC(C)C(=O)NC(CCC)C(=O)NC(C)B1OC2CC3CC(C3(C)C)C2(C)O1)C(C)O. The third-order valence-corrected chi connectivity index (χ3v) is 11.2. The van der Waals surface area contributed by atoms with E-state index in [-0.39, 0.29) is 30.4 Å². The first kappa shape index (κ1) is 41.7. The van der Waals surface area contributed by atoms with E-state index in [1.54, 1.807) is 0 Å². The molecule has 0 radical (unpaired) electrons. The molecule has 4 rings (SSSR count). The summed E-state index contributed by atoms with van der Waals surface area (Å²) in [5.41, 5.74) is 5.51. The van der Waals surface area contributed by atoms with Crippen molar-refractivity contribution in [2.45, 2.75) is 168 Å². The van der Waals surface area contributed by atoms with Crippen molar-refractivity contribution in [2.24, 2.45) is 23.0 Å². The van der Waals surface area contributed by atoms with Gasteiger partial charge in [0.1, 0.15) is 24.2 Å². The number of unbranched alkanes of at least 4 members (excludes halogenated alkanes) is 4. The van der Waals surface area contributed by atoms with E-state index in [0.717, 1.165) is 38.5 Å². The summed E-state index contributed by atoms with van der Waals surface area (Å²) < 4.78 is 12.8. The molecule has 10 atom stereocenters. The zero-order valence-electron chi connectivity index (χ0n) is 31.4. The molecule has 3 aliphatic carbocycles. The summed E-state index contributed by atoms with van der Waals surface area (Å²) in [5, 5.41) is 23.6. The first-order valence-corrected chi connectivity index (χ1v) is 18.7. The van der Waals surface area contributed by atoms with Crippen molar-refractivity contribution in [1.82, 2.24) is 26.6 Å². The van der Waals surface area contributed by atoms with Gasteiger partial charge in [0.15, 0.2) is 0 Å². The molecule has 0 spiro atoms. The number of rotatable bonds is 20. The fraction of sp³-hybridized carbons (Fsp3) is 0.857. The Kier molecular flexibility index (Phi) is 15.1. The molecule has 3 saturated carbocycles. The van der Waals surface area contributed by atoms with Crippen molar-refractivity contribution in [3.05, 3.63) is 0 Å². The van der Waals surface area contributed by atoms with E-state index >= 15 is 0 Å². The van der Waals surface area contributed by atoms with Crippen LogP contribution in [-0.4, -0.2) is 96.2 Å². The molecule has 284 valence electrons. The molecule has 15 heteroatoms. The smallest absolute Gasteiger partial charge is 0.404 e. The molecule has 10 unspecified atom stereocenters. The number of carbonyl (C=O) groups is 5. The quantitative estimate of drug-likeness (QED) is 0.0716. The fourth-order valence-corrected chi connectivity index (χ4v) is 7.78. The van der Waals surface area contributed by atoms with Crippen LogP contribution in [0, 0.1) is 17.3 Å². The second kappa shape index (κ2) is 18.1. The third-order valence-electron chi connectivity index (χ3n) is 11.2. The van der Waals surface area contributed by atoms with Crippen molar-refractivity contribution in [3.63, 3.8) is 0 Å². The molecule has 0 aromatic heterocycles. The van der Waals surface area contributed by atoms with Crippen molar-refractivity contribution < 1.29 is 38.4 Å². The van der Waals surface area contributed by atoms with Crippen LogP contribution in [0.4, 0.5) is 0 Å². The Labute approximate surface area is 298 Å². The molecule has 8 N–H and O–H groups in total. The lowest BCUT2D eigenvalue weighted by atomic mass is 9.43. The van der Waals surface area contributed by atoms with E-state index in [2.05, 4.69) is 54.3 Å². The number of hydrogen-bond acceptors (Lipinski definition) is 9. The molecule has 4 fully saturated rings. The largest absolute Gasteiger partial charge is 0.481 e. The molecule has 0 aromatic rings. The number of nitrogens with one attached hydrogen (secondary N) is 5. The van der Waals surface area contributed by atoms with E-state index in [0.29, 0.717) is 31.1 Å². The Morgan fingerprint density at radius 1 is 0.820 bits per heavy atom. The second-order valence-corrected chi connectivity index (χ2v) is 15.5. The Bertz CT molecular complexity index is 1210. The molecule has 1 aliphatic heterocycles. The van der Waals surface area contributed by atoms with Crippen LogP contribution in [0.15, 0.2) is 0 Å². The summed E-state index contributed by atoms with van der Waals surface area (Å²) in [6, 6.07) is -4.52. The Balaban J connectivity index is 1.51. The van der Waals surface area contributed by atoms with E-state index in [1.807, 2.05) is 13.8 Å². The van der Waals surface area contributed by atoms with Crippen LogP contribution in [0.1, 0.15) is 120 Å². The maximum Gasteiger partial charge on any atom is 0.481 e. The predicted octanol–water partition coefficient (Wildman–Crippen LogP) is 1.22. The van der Waals surface area contributed by atoms with Gasteiger partial charge in [0, 0.05) is 13.0 Å². The monoisotopic (exact) mass is 706 g/mol. The highest BCUT2D eigenvalue weighted by Crippen LogP contribution is 2.65. The lowest BCUT2D eigenvalue weighted by Gasteiger charge is -2.64. The van der Waals surface area contributed by atoms with Gasteiger partial charge in [-0.05, 0) is 70.6 Å². The van der Waals surface area contributed by atoms with Gasteiger partial charge in [0.25, 0.3) is 0 Å². The van der Waals surface area contributed by atoms with Gasteiger partial charge in [-0.1, -0.05) is 59.8 Å². The van der Waals surface area contributed by atoms with Gasteiger partial charge in [-0.2, -0.15) is 0 Å². The lowest BCUT2D eigenvalue weighted by molar-refractivity contribution is -0.199. The molecule has 4 aliphatic rings. The molecule has 5 amide bonds. The average Bonchev–Trinajstić information content (AvgIpc) is 3.42. The molecular formula is C35H63BN6O8. The highest BCUT2D eigenvalue weighted by atomic mass is 16.7. The number of amides is 5. The van der Waals surface area contributed by atoms with Crippen LogP contribution >= 0.6 is 0 Å². The molecule has 2 bridgehead atoms. The maximum atomic E-state index is 13.4. The standard InChI is InChI=1S/C35H63BN6O8/c1-9-11-12-13-14-16-28(44)40-25(19-37)32(47)42-29(21(4)43)33(48)38-20(3)30(45)41-24(15-10-2)31(46)39-22(5)36-49-27-18-23-17-26(34(23,6)7)35(27,8)50-36/h20-27,29,43H,9-19,37H2,1-8H3,(H,38,48)(H,39,46)(H,40,44)(H,41,45)(H,42,47). The second-order valence-electron chi connectivity index (χ2n) is 15.5. The van der Waals surface area contributed by atoms with E-state index in [4.69, 9.17) is 15.0 Å². The molecular weight excluding hydrogens is 643 g/mol. The highest BCUT2D eigenvalue weighted by molar-refractivity contribution is 6.47. The van der Waals surface area contributed by atoms with Crippen LogP contribution in [0.25, 0.3) is 0 Å². The van der Waals surface area contributed by atoms with Gasteiger partial charge in [-0.3, -0.25) is 24.0 Å². The predicted molar refractivity (Wildman–Crippen MR) is 190 cm³/mol.